The summed E-state index contributed by atoms with van der Waals surface area (Å²) in [6, 6.07) is 10.5. The monoisotopic (exact) mass is 337 g/mol. The lowest BCUT2D eigenvalue weighted by atomic mass is 10.0. The molecular formula is C23H47N. The fourth-order valence-corrected chi connectivity index (χ4v) is 2.40. The van der Waals surface area contributed by atoms with Gasteiger partial charge in [-0.2, -0.15) is 0 Å². The van der Waals surface area contributed by atoms with Gasteiger partial charge in [0.2, 0.25) is 0 Å². The van der Waals surface area contributed by atoms with Crippen LogP contribution >= 0.6 is 0 Å². The minimum atomic E-state index is 1.03. The molecule has 0 atom stereocenters. The summed E-state index contributed by atoms with van der Waals surface area (Å²) in [4.78, 5) is 0. The van der Waals surface area contributed by atoms with Crippen molar-refractivity contribution in [2.45, 2.75) is 93.4 Å². The summed E-state index contributed by atoms with van der Waals surface area (Å²) in [6.07, 6.45) is 10.0. The van der Waals surface area contributed by atoms with E-state index in [1.807, 2.05) is 54.7 Å². The highest BCUT2D eigenvalue weighted by Crippen LogP contribution is 2.21. The van der Waals surface area contributed by atoms with Crippen LogP contribution < -0.4 is 5.32 Å². The van der Waals surface area contributed by atoms with Crippen molar-refractivity contribution in [3.05, 3.63) is 35.9 Å². The van der Waals surface area contributed by atoms with Crippen LogP contribution in [0.4, 0.5) is 0 Å². The van der Waals surface area contributed by atoms with Crippen LogP contribution in [0.15, 0.2) is 30.3 Å². The molecule has 0 unspecified atom stereocenters. The molecule has 24 heavy (non-hydrogen) atoms. The lowest BCUT2D eigenvalue weighted by Crippen LogP contribution is -2.09. The second-order valence-electron chi connectivity index (χ2n) is 5.44. The van der Waals surface area contributed by atoms with Gasteiger partial charge in [-0.1, -0.05) is 117 Å². The van der Waals surface area contributed by atoms with Gasteiger partial charge in [-0.25, -0.2) is 0 Å². The molecule has 1 saturated carbocycles. The normalized spacial score (nSPS) is 13.2. The molecule has 1 heteroatoms. The fraction of sp³-hybridized carbons (Fsp3) is 0.739. The Morgan fingerprint density at radius 3 is 1.67 bits per heavy atom. The lowest BCUT2D eigenvalue weighted by molar-refractivity contribution is 0.505. The van der Waals surface area contributed by atoms with Gasteiger partial charge in [0.15, 0.2) is 0 Å². The van der Waals surface area contributed by atoms with Gasteiger partial charge in [-0.15, -0.1) is 0 Å². The maximum absolute atomic E-state index is 3.12. The summed E-state index contributed by atoms with van der Waals surface area (Å²) in [6.45, 7) is 15.4. The zero-order valence-corrected chi connectivity index (χ0v) is 18.1. The quantitative estimate of drug-likeness (QED) is 0.563. The number of hydrogen-bond donors (Lipinski definition) is 1. The molecule has 0 bridgehead atoms. The molecule has 0 aliphatic heterocycles. The van der Waals surface area contributed by atoms with Gasteiger partial charge in [-0.3, -0.25) is 0 Å². The van der Waals surface area contributed by atoms with Gasteiger partial charge in [-0.05, 0) is 31.5 Å². The van der Waals surface area contributed by atoms with Crippen LogP contribution in [0.25, 0.3) is 0 Å². The molecular weight excluding hydrogens is 290 g/mol. The number of hydrogen-bond acceptors (Lipinski definition) is 1. The maximum Gasteiger partial charge on any atom is -0.00114 e. The van der Waals surface area contributed by atoms with Gasteiger partial charge in [0.25, 0.3) is 0 Å². The van der Waals surface area contributed by atoms with Crippen molar-refractivity contribution in [3.8, 4) is 0 Å². The molecule has 1 N–H and O–H groups in total. The second-order valence-corrected chi connectivity index (χ2v) is 5.44. The van der Waals surface area contributed by atoms with Crippen LogP contribution in [0.3, 0.4) is 0 Å². The third-order valence-electron chi connectivity index (χ3n) is 3.65. The minimum absolute atomic E-state index is 1.03. The standard InChI is InChI=1S/C9H13N.C8H16.3C2H6/c1-10-8-7-9-5-3-2-4-6-9;1-8-6-4-2-3-5-7-8;3*1-2/h2-6,10H,7-8H2,1H3;8H,2-7H2,1H3;3*1-2H3. The van der Waals surface area contributed by atoms with E-state index >= 15 is 0 Å². The predicted octanol–water partition coefficient (Wildman–Crippen LogP) is 7.50. The molecule has 0 spiro atoms. The molecule has 144 valence electrons. The Labute approximate surface area is 154 Å². The van der Waals surface area contributed by atoms with Crippen LogP contribution in [0.1, 0.15) is 92.6 Å². The first-order valence-corrected chi connectivity index (χ1v) is 10.5. The van der Waals surface area contributed by atoms with E-state index in [1.54, 1.807) is 0 Å². The Balaban J connectivity index is -0.000000284. The number of nitrogens with one attached hydrogen (secondary N) is 1. The Morgan fingerprint density at radius 1 is 0.792 bits per heavy atom. The number of benzene rings is 1. The Kier molecular flexibility index (Phi) is 31.6. The van der Waals surface area contributed by atoms with E-state index in [-0.39, 0.29) is 0 Å². The summed E-state index contributed by atoms with van der Waals surface area (Å²) in [5, 5.41) is 3.12. The zero-order chi connectivity index (χ0) is 19.1. The molecule has 1 aliphatic carbocycles. The second kappa shape index (κ2) is 27.0. The van der Waals surface area contributed by atoms with Crippen molar-refractivity contribution < 1.29 is 0 Å². The van der Waals surface area contributed by atoms with E-state index in [2.05, 4.69) is 36.5 Å². The zero-order valence-electron chi connectivity index (χ0n) is 18.1. The van der Waals surface area contributed by atoms with Crippen molar-refractivity contribution in [3.63, 3.8) is 0 Å². The van der Waals surface area contributed by atoms with Gasteiger partial charge in [0.05, 0.1) is 0 Å². The topological polar surface area (TPSA) is 12.0 Å². The Morgan fingerprint density at radius 2 is 1.25 bits per heavy atom. The molecule has 0 aromatic heterocycles. The van der Waals surface area contributed by atoms with E-state index in [1.165, 1.54) is 44.1 Å². The molecule has 1 aromatic carbocycles. The van der Waals surface area contributed by atoms with Gasteiger partial charge < -0.3 is 5.32 Å². The van der Waals surface area contributed by atoms with Crippen LogP contribution in [-0.4, -0.2) is 13.6 Å². The van der Waals surface area contributed by atoms with Crippen LogP contribution in [0, 0.1) is 5.92 Å². The van der Waals surface area contributed by atoms with Crippen molar-refractivity contribution in [1.82, 2.24) is 5.32 Å². The van der Waals surface area contributed by atoms with Crippen molar-refractivity contribution in [2.24, 2.45) is 5.92 Å². The summed E-state index contributed by atoms with van der Waals surface area (Å²) in [5.74, 6) is 1.03. The first-order valence-electron chi connectivity index (χ1n) is 10.5. The maximum atomic E-state index is 3.12. The summed E-state index contributed by atoms with van der Waals surface area (Å²) >= 11 is 0. The van der Waals surface area contributed by atoms with Crippen LogP contribution in [-0.2, 0) is 6.42 Å². The van der Waals surface area contributed by atoms with E-state index in [0.717, 1.165) is 18.9 Å². The largest absolute Gasteiger partial charge is 0.319 e. The molecule has 1 aliphatic rings. The molecule has 0 radical (unpaired) electrons. The van der Waals surface area contributed by atoms with Crippen molar-refractivity contribution in [1.29, 1.82) is 0 Å². The molecule has 1 aromatic rings. The number of likely N-dealkylation sites (N-methyl/N-ethyl adjacent to an activating group) is 1. The van der Waals surface area contributed by atoms with Crippen LogP contribution in [0.5, 0.6) is 0 Å². The third-order valence-corrected chi connectivity index (χ3v) is 3.65. The van der Waals surface area contributed by atoms with Crippen molar-refractivity contribution in [2.75, 3.05) is 13.6 Å². The molecule has 1 nitrogen and oxygen atoms in total. The van der Waals surface area contributed by atoms with Crippen LogP contribution in [0.2, 0.25) is 0 Å². The molecule has 0 heterocycles. The first-order chi connectivity index (χ1) is 11.8. The average Bonchev–Trinajstić information content (AvgIpc) is 2.94. The SMILES string of the molecule is CC.CC.CC.CC1CCCCCC1.CNCCc1ccccc1. The fourth-order valence-electron chi connectivity index (χ4n) is 2.40. The molecule has 0 saturated heterocycles. The number of rotatable bonds is 3. The predicted molar refractivity (Wildman–Crippen MR) is 115 cm³/mol. The smallest absolute Gasteiger partial charge is 0.00114 e. The summed E-state index contributed by atoms with van der Waals surface area (Å²) in [5.41, 5.74) is 1.40. The lowest BCUT2D eigenvalue weighted by Gasteiger charge is -2.02. The van der Waals surface area contributed by atoms with Crippen molar-refractivity contribution >= 4 is 0 Å². The minimum Gasteiger partial charge on any atom is -0.319 e. The van der Waals surface area contributed by atoms with Gasteiger partial charge >= 0.3 is 0 Å². The summed E-state index contributed by atoms with van der Waals surface area (Å²) < 4.78 is 0. The highest BCUT2D eigenvalue weighted by atomic mass is 14.8. The molecule has 0 amide bonds. The Hall–Kier alpha value is -0.820. The molecule has 2 rings (SSSR count). The highest BCUT2D eigenvalue weighted by molar-refractivity contribution is 5.14. The molecule has 1 fully saturated rings. The van der Waals surface area contributed by atoms with E-state index < -0.39 is 0 Å². The highest BCUT2D eigenvalue weighted by Gasteiger charge is 2.05. The van der Waals surface area contributed by atoms with E-state index in [0.29, 0.717) is 0 Å². The average molecular weight is 338 g/mol. The van der Waals surface area contributed by atoms with Gasteiger partial charge in [0, 0.05) is 0 Å². The summed E-state index contributed by atoms with van der Waals surface area (Å²) in [7, 11) is 1.98. The van der Waals surface area contributed by atoms with E-state index in [9.17, 15) is 0 Å². The van der Waals surface area contributed by atoms with Gasteiger partial charge in [0.1, 0.15) is 0 Å². The Bertz CT molecular complexity index is 273. The van der Waals surface area contributed by atoms with E-state index in [4.69, 9.17) is 0 Å². The third kappa shape index (κ3) is 21.2. The first kappa shape index (κ1) is 28.0.